The van der Waals surface area contributed by atoms with Gasteiger partial charge in [0.25, 0.3) is 0 Å². The van der Waals surface area contributed by atoms with E-state index in [2.05, 4.69) is 33.9 Å². The number of ether oxygens (including phenoxy) is 1. The number of hydrogen-bond acceptors (Lipinski definition) is 6. The van der Waals surface area contributed by atoms with Gasteiger partial charge < -0.3 is 24.5 Å². The van der Waals surface area contributed by atoms with Gasteiger partial charge in [0, 0.05) is 43.2 Å². The first-order valence-electron chi connectivity index (χ1n) is 16.4. The summed E-state index contributed by atoms with van der Waals surface area (Å²) < 4.78 is 4.93. The maximum Gasteiger partial charge on any atom is 0.247 e. The number of likely N-dealkylation sites (tertiary alicyclic amines) is 1. The SMILES string of the molecule is C=CCN(C(=O)[C@@H]1[C@H]2C(=O)N(CCCCCO)C(C(=O)N(CC=C)C(C)CCC)C23S[C@@H]1CC3C)c1ccc(OCC)cc1. The molecule has 1 N–H and O–H groups in total. The van der Waals surface area contributed by atoms with Gasteiger partial charge in [0.2, 0.25) is 17.7 Å². The average Bonchev–Trinajstić information content (AvgIpc) is 3.60. The van der Waals surface area contributed by atoms with Gasteiger partial charge in [-0.3, -0.25) is 14.4 Å². The van der Waals surface area contributed by atoms with E-state index < -0.39 is 22.6 Å². The number of hydrogen-bond donors (Lipinski definition) is 1. The maximum atomic E-state index is 14.7. The number of fused-ring (bicyclic) bond motifs is 1. The van der Waals surface area contributed by atoms with E-state index in [1.165, 1.54) is 0 Å². The molecule has 3 amide bonds. The lowest BCUT2D eigenvalue weighted by Gasteiger charge is -2.42. The Morgan fingerprint density at radius 1 is 1.14 bits per heavy atom. The Morgan fingerprint density at radius 3 is 2.45 bits per heavy atom. The molecule has 242 valence electrons. The summed E-state index contributed by atoms with van der Waals surface area (Å²) in [6.45, 7) is 17.9. The van der Waals surface area contributed by atoms with Crippen LogP contribution >= 0.6 is 11.8 Å². The van der Waals surface area contributed by atoms with Crippen LogP contribution in [0, 0.1) is 17.8 Å². The van der Waals surface area contributed by atoms with E-state index in [0.717, 1.165) is 37.1 Å². The van der Waals surface area contributed by atoms with E-state index in [4.69, 9.17) is 4.74 Å². The number of unbranched alkanes of at least 4 members (excludes halogenated alkanes) is 2. The van der Waals surface area contributed by atoms with Crippen LogP contribution in [0.4, 0.5) is 5.69 Å². The molecule has 0 aromatic heterocycles. The van der Waals surface area contributed by atoms with Crippen LogP contribution in [0.25, 0.3) is 0 Å². The second-order valence-corrected chi connectivity index (χ2v) is 14.0. The van der Waals surface area contributed by atoms with Crippen LogP contribution in [0.2, 0.25) is 0 Å². The van der Waals surface area contributed by atoms with E-state index in [9.17, 15) is 19.5 Å². The highest BCUT2D eigenvalue weighted by Gasteiger charge is 2.76. The summed E-state index contributed by atoms with van der Waals surface area (Å²) in [5.74, 6) is -0.496. The van der Waals surface area contributed by atoms with Crippen molar-refractivity contribution in [2.45, 2.75) is 88.3 Å². The van der Waals surface area contributed by atoms with Crippen LogP contribution in [0.3, 0.4) is 0 Å². The fourth-order valence-corrected chi connectivity index (χ4v) is 10.2. The highest BCUT2D eigenvalue weighted by Crippen LogP contribution is 2.69. The molecule has 4 unspecified atom stereocenters. The van der Waals surface area contributed by atoms with Crippen LogP contribution in [0.1, 0.15) is 66.2 Å². The minimum atomic E-state index is -0.680. The molecule has 44 heavy (non-hydrogen) atoms. The van der Waals surface area contributed by atoms with Gasteiger partial charge >= 0.3 is 0 Å². The lowest BCUT2D eigenvalue weighted by atomic mass is 9.65. The number of rotatable bonds is 17. The summed E-state index contributed by atoms with van der Waals surface area (Å²) in [6.07, 6.45) is 8.17. The van der Waals surface area contributed by atoms with Crippen molar-refractivity contribution in [1.82, 2.24) is 9.80 Å². The van der Waals surface area contributed by atoms with E-state index in [-0.39, 0.29) is 41.5 Å². The van der Waals surface area contributed by atoms with Gasteiger partial charge in [0.05, 0.1) is 23.2 Å². The molecule has 2 bridgehead atoms. The standard InChI is InChI=1S/C35H51N3O5S/c1-7-14-25(6)36(19-8-2)34(42)31-35-24(5)23-28(44-35)29(30(35)33(41)38(31)21-12-11-13-22-39)32(40)37(20-9-3)26-15-17-27(18-16-26)43-10-4/h8-9,15-18,24-25,28-31,39H,2-3,7,10-14,19-23H2,1,4-6H3/t24?,25?,28-,29+,30+,31?,35?/m1/s1. The number of aliphatic hydroxyl groups excluding tert-OH is 1. The van der Waals surface area contributed by atoms with E-state index in [1.807, 2.05) is 36.1 Å². The van der Waals surface area contributed by atoms with Crippen molar-refractivity contribution in [3.8, 4) is 5.75 Å². The van der Waals surface area contributed by atoms with E-state index >= 15 is 0 Å². The summed E-state index contributed by atoms with van der Waals surface area (Å²) >= 11 is 1.71. The molecule has 1 spiro atoms. The van der Waals surface area contributed by atoms with Crippen molar-refractivity contribution in [3.63, 3.8) is 0 Å². The van der Waals surface area contributed by atoms with Crippen molar-refractivity contribution in [2.24, 2.45) is 17.8 Å². The van der Waals surface area contributed by atoms with Gasteiger partial charge in [-0.05, 0) is 76.1 Å². The van der Waals surface area contributed by atoms with Crippen molar-refractivity contribution in [2.75, 3.05) is 37.7 Å². The van der Waals surface area contributed by atoms with Crippen LogP contribution in [-0.4, -0.2) is 87.6 Å². The lowest BCUT2D eigenvalue weighted by molar-refractivity contribution is -0.144. The normalized spacial score (nSPS) is 27.6. The molecule has 3 fully saturated rings. The summed E-state index contributed by atoms with van der Waals surface area (Å²) in [7, 11) is 0. The molecule has 1 aromatic carbocycles. The number of aliphatic hydroxyl groups is 1. The number of amides is 3. The van der Waals surface area contributed by atoms with Crippen LogP contribution in [0.15, 0.2) is 49.6 Å². The molecule has 3 heterocycles. The molecular formula is C35H51N3O5S. The predicted molar refractivity (Wildman–Crippen MR) is 178 cm³/mol. The highest BCUT2D eigenvalue weighted by atomic mass is 32.2. The Labute approximate surface area is 267 Å². The number of anilines is 1. The smallest absolute Gasteiger partial charge is 0.247 e. The van der Waals surface area contributed by atoms with Crippen molar-refractivity contribution in [3.05, 3.63) is 49.6 Å². The summed E-state index contributed by atoms with van der Waals surface area (Å²) in [5.41, 5.74) is 0.734. The third-order valence-electron chi connectivity index (χ3n) is 9.71. The Morgan fingerprint density at radius 2 is 1.84 bits per heavy atom. The number of nitrogens with zero attached hydrogens (tertiary/aromatic N) is 3. The summed E-state index contributed by atoms with van der Waals surface area (Å²) in [4.78, 5) is 49.3. The maximum absolute atomic E-state index is 14.7. The van der Waals surface area contributed by atoms with Crippen molar-refractivity contribution in [1.29, 1.82) is 0 Å². The van der Waals surface area contributed by atoms with Crippen molar-refractivity contribution >= 4 is 35.2 Å². The molecule has 0 radical (unpaired) electrons. The minimum Gasteiger partial charge on any atom is -0.494 e. The third kappa shape index (κ3) is 6.19. The van der Waals surface area contributed by atoms with E-state index in [1.54, 1.807) is 33.7 Å². The van der Waals surface area contributed by atoms with Gasteiger partial charge in [0.1, 0.15) is 11.8 Å². The van der Waals surface area contributed by atoms with E-state index in [0.29, 0.717) is 39.1 Å². The highest BCUT2D eigenvalue weighted by molar-refractivity contribution is 8.02. The molecule has 9 heteroatoms. The zero-order chi connectivity index (χ0) is 32.0. The Hall–Kier alpha value is -2.78. The minimum absolute atomic E-state index is 0.00590. The molecule has 0 aliphatic carbocycles. The largest absolute Gasteiger partial charge is 0.494 e. The van der Waals surface area contributed by atoms with Crippen LogP contribution < -0.4 is 9.64 Å². The molecule has 3 aliphatic heterocycles. The molecule has 4 rings (SSSR count). The van der Waals surface area contributed by atoms with Crippen LogP contribution in [-0.2, 0) is 14.4 Å². The van der Waals surface area contributed by atoms with Gasteiger partial charge in [-0.2, -0.15) is 0 Å². The zero-order valence-corrected chi connectivity index (χ0v) is 27.8. The molecule has 3 saturated heterocycles. The fraction of sp³-hybridized carbons (Fsp3) is 0.629. The first kappa shape index (κ1) is 34.1. The quantitative estimate of drug-likeness (QED) is 0.187. The second-order valence-electron chi connectivity index (χ2n) is 12.4. The number of benzene rings is 1. The molecular weight excluding hydrogens is 574 g/mol. The van der Waals surface area contributed by atoms with Crippen molar-refractivity contribution < 1.29 is 24.2 Å². The molecule has 8 nitrogen and oxygen atoms in total. The third-order valence-corrected chi connectivity index (χ3v) is 11.8. The second kappa shape index (κ2) is 15.0. The summed E-state index contributed by atoms with van der Waals surface area (Å²) in [6, 6.07) is 6.83. The Kier molecular flexibility index (Phi) is 11.6. The number of thioether (sulfide) groups is 1. The van der Waals surface area contributed by atoms with Gasteiger partial charge in [-0.1, -0.05) is 32.4 Å². The first-order chi connectivity index (χ1) is 21.2. The number of carbonyl (C=O) groups is 3. The fourth-order valence-electron chi connectivity index (χ4n) is 7.77. The van der Waals surface area contributed by atoms with Gasteiger partial charge in [-0.15, -0.1) is 24.9 Å². The van der Waals surface area contributed by atoms with Gasteiger partial charge in [0.15, 0.2) is 0 Å². The molecule has 0 saturated carbocycles. The monoisotopic (exact) mass is 625 g/mol. The Bertz CT molecular complexity index is 1190. The first-order valence-corrected chi connectivity index (χ1v) is 17.2. The number of carbonyl (C=O) groups excluding carboxylic acids is 3. The molecule has 1 aromatic rings. The average molecular weight is 626 g/mol. The summed E-state index contributed by atoms with van der Waals surface area (Å²) in [5, 5.41) is 9.31. The van der Waals surface area contributed by atoms with Gasteiger partial charge in [-0.25, -0.2) is 0 Å². The molecule has 3 aliphatic rings. The molecule has 7 atom stereocenters. The Balaban J connectivity index is 1.74. The zero-order valence-electron chi connectivity index (χ0n) is 27.0. The predicted octanol–water partition coefficient (Wildman–Crippen LogP) is 5.31. The van der Waals surface area contributed by atoms with Crippen LogP contribution in [0.5, 0.6) is 5.75 Å². The topological polar surface area (TPSA) is 90.4 Å². The lowest BCUT2D eigenvalue weighted by Crippen LogP contribution is -2.58.